The minimum absolute atomic E-state index is 0.0347. The number of hydrogen-bond donors (Lipinski definition) is 2. The summed E-state index contributed by atoms with van der Waals surface area (Å²) in [6.07, 6.45) is 3.93. The van der Waals surface area contributed by atoms with Gasteiger partial charge in [0.05, 0.1) is 11.6 Å². The van der Waals surface area contributed by atoms with Crippen molar-refractivity contribution >= 4 is 31.6 Å². The smallest absolute Gasteiger partial charge is 0.316 e. The van der Waals surface area contributed by atoms with Gasteiger partial charge in [-0.15, -0.1) is 11.8 Å². The maximum Gasteiger partial charge on any atom is 0.316 e. The molecule has 0 aromatic heterocycles. The summed E-state index contributed by atoms with van der Waals surface area (Å²) in [6, 6.07) is 12.9. The summed E-state index contributed by atoms with van der Waals surface area (Å²) in [6.45, 7) is 6.09. The molecule has 0 fully saturated rings. The predicted molar refractivity (Wildman–Crippen MR) is 129 cm³/mol. The van der Waals surface area contributed by atoms with E-state index in [1.54, 1.807) is 11.8 Å². The molecule has 0 saturated heterocycles. The Hall–Kier alpha value is -0.880. The third kappa shape index (κ3) is 10.1. The zero-order valence-corrected chi connectivity index (χ0v) is 20.7. The first-order valence-electron chi connectivity index (χ1n) is 10.5. The molecule has 0 heterocycles. The molecule has 0 bridgehead atoms. The molecule has 2 N–H and O–H groups in total. The van der Waals surface area contributed by atoms with Crippen molar-refractivity contribution in [3.05, 3.63) is 64.4 Å². The zero-order chi connectivity index (χ0) is 22.7. The number of rotatable bonds is 14. The monoisotopic (exact) mass is 487 g/mol. The number of benzene rings is 2. The molecular weight excluding hydrogens is 456 g/mol. The van der Waals surface area contributed by atoms with Crippen LogP contribution in [0.2, 0.25) is 5.02 Å². The quantitative estimate of drug-likeness (QED) is 0.179. The van der Waals surface area contributed by atoms with E-state index in [0.29, 0.717) is 19.5 Å². The van der Waals surface area contributed by atoms with Crippen molar-refractivity contribution in [2.75, 3.05) is 18.9 Å². The van der Waals surface area contributed by atoms with Crippen LogP contribution in [0.4, 0.5) is 4.39 Å². The van der Waals surface area contributed by atoms with Crippen molar-refractivity contribution in [2.24, 2.45) is 0 Å². The molecule has 2 aromatic carbocycles. The van der Waals surface area contributed by atoms with Crippen LogP contribution in [0.15, 0.2) is 47.4 Å². The SMILES string of the molecule is CC(C)(CCCCSc1ccc(CNCCCO[PH](=O)O)cc1Cl)c1ccc(F)cc1. The summed E-state index contributed by atoms with van der Waals surface area (Å²) in [5.41, 5.74) is 2.31. The number of hydrogen-bond acceptors (Lipinski definition) is 4. The van der Waals surface area contributed by atoms with E-state index < -0.39 is 8.25 Å². The Morgan fingerprint density at radius 2 is 1.90 bits per heavy atom. The average molecular weight is 488 g/mol. The second kappa shape index (κ2) is 13.6. The molecule has 172 valence electrons. The highest BCUT2D eigenvalue weighted by Gasteiger charge is 2.19. The molecule has 0 radical (unpaired) electrons. The molecule has 1 atom stereocenters. The summed E-state index contributed by atoms with van der Waals surface area (Å²) in [5.74, 6) is 0.812. The summed E-state index contributed by atoms with van der Waals surface area (Å²) >= 11 is 8.22. The second-order valence-electron chi connectivity index (χ2n) is 8.11. The molecule has 0 saturated carbocycles. The lowest BCUT2D eigenvalue weighted by molar-refractivity contribution is 0.276. The van der Waals surface area contributed by atoms with Crippen molar-refractivity contribution in [3.63, 3.8) is 0 Å². The van der Waals surface area contributed by atoms with E-state index in [0.717, 1.165) is 40.5 Å². The third-order valence-corrected chi connectivity index (χ3v) is 7.16. The Morgan fingerprint density at radius 3 is 2.58 bits per heavy atom. The van der Waals surface area contributed by atoms with Crippen LogP contribution in [0, 0.1) is 5.82 Å². The lowest BCUT2D eigenvalue weighted by atomic mass is 9.80. The summed E-state index contributed by atoms with van der Waals surface area (Å²) in [7, 11) is -2.83. The Labute approximate surface area is 194 Å². The Balaban J connectivity index is 1.66. The molecule has 8 heteroatoms. The van der Waals surface area contributed by atoms with Gasteiger partial charge in [-0.2, -0.15) is 0 Å². The van der Waals surface area contributed by atoms with E-state index >= 15 is 0 Å². The summed E-state index contributed by atoms with van der Waals surface area (Å²) < 4.78 is 28.3. The topological polar surface area (TPSA) is 58.6 Å². The van der Waals surface area contributed by atoms with Gasteiger partial charge in [0, 0.05) is 11.4 Å². The van der Waals surface area contributed by atoms with Gasteiger partial charge in [0.2, 0.25) is 0 Å². The van der Waals surface area contributed by atoms with Crippen molar-refractivity contribution < 1.29 is 18.4 Å². The largest absolute Gasteiger partial charge is 0.326 e. The van der Waals surface area contributed by atoms with Crippen LogP contribution in [0.1, 0.15) is 50.7 Å². The van der Waals surface area contributed by atoms with E-state index in [1.165, 1.54) is 17.7 Å². The number of unbranched alkanes of at least 4 members (excludes halogenated alkanes) is 1. The molecule has 1 unspecified atom stereocenters. The second-order valence-corrected chi connectivity index (χ2v) is 10.5. The molecule has 0 spiro atoms. The van der Waals surface area contributed by atoms with Gasteiger partial charge >= 0.3 is 8.25 Å². The maximum absolute atomic E-state index is 13.1. The highest BCUT2D eigenvalue weighted by Crippen LogP contribution is 2.32. The van der Waals surface area contributed by atoms with Gasteiger partial charge in [0.15, 0.2) is 0 Å². The first kappa shape index (κ1) is 26.4. The van der Waals surface area contributed by atoms with Gasteiger partial charge in [-0.05, 0) is 72.4 Å². The normalized spacial score (nSPS) is 12.8. The minimum Gasteiger partial charge on any atom is -0.326 e. The predicted octanol–water partition coefficient (Wildman–Crippen LogP) is 6.60. The van der Waals surface area contributed by atoms with Crippen LogP contribution in [-0.2, 0) is 21.0 Å². The highest BCUT2D eigenvalue weighted by atomic mass is 35.5. The van der Waals surface area contributed by atoms with Crippen LogP contribution in [0.3, 0.4) is 0 Å². The molecular formula is C23H32ClFNO3PS. The molecule has 2 aromatic rings. The van der Waals surface area contributed by atoms with Crippen LogP contribution in [0.5, 0.6) is 0 Å². The first-order valence-corrected chi connectivity index (χ1v) is 13.1. The van der Waals surface area contributed by atoms with Crippen LogP contribution in [0.25, 0.3) is 0 Å². The van der Waals surface area contributed by atoms with E-state index in [9.17, 15) is 8.96 Å². The van der Waals surface area contributed by atoms with Gasteiger partial charge in [0.25, 0.3) is 0 Å². The van der Waals surface area contributed by atoms with E-state index in [2.05, 4.69) is 35.8 Å². The fraction of sp³-hybridized carbons (Fsp3) is 0.478. The molecule has 2 rings (SSSR count). The number of nitrogens with one attached hydrogen (secondary N) is 1. The average Bonchev–Trinajstić information content (AvgIpc) is 2.71. The van der Waals surface area contributed by atoms with Crippen molar-refractivity contribution in [1.82, 2.24) is 5.32 Å². The summed E-state index contributed by atoms with van der Waals surface area (Å²) in [5, 5.41) is 4.04. The number of halogens is 2. The zero-order valence-electron chi connectivity index (χ0n) is 18.1. The molecule has 0 aliphatic rings. The van der Waals surface area contributed by atoms with Crippen LogP contribution in [-0.4, -0.2) is 23.8 Å². The molecule has 0 amide bonds. The minimum atomic E-state index is -2.83. The van der Waals surface area contributed by atoms with Gasteiger partial charge < -0.3 is 14.7 Å². The van der Waals surface area contributed by atoms with E-state index in [-0.39, 0.29) is 17.8 Å². The standard InChI is InChI=1S/C23H32ClFNO3PS/c1-23(2,19-7-9-20(25)10-8-19)12-3-4-15-31-22-11-6-18(16-21(22)24)17-26-13-5-14-29-30(27)28/h6-11,16,26,30H,3-5,12-15,17H2,1-2H3,(H,27,28). The van der Waals surface area contributed by atoms with Crippen molar-refractivity contribution in [3.8, 4) is 0 Å². The van der Waals surface area contributed by atoms with Crippen molar-refractivity contribution in [2.45, 2.75) is 56.4 Å². The molecule has 0 aliphatic carbocycles. The molecule has 4 nitrogen and oxygen atoms in total. The lowest BCUT2D eigenvalue weighted by Gasteiger charge is -2.25. The Morgan fingerprint density at radius 1 is 1.16 bits per heavy atom. The van der Waals surface area contributed by atoms with E-state index in [4.69, 9.17) is 16.5 Å². The lowest BCUT2D eigenvalue weighted by Crippen LogP contribution is -2.17. The van der Waals surface area contributed by atoms with Gasteiger partial charge in [-0.3, -0.25) is 4.57 Å². The number of thioether (sulfide) groups is 1. The van der Waals surface area contributed by atoms with Crippen LogP contribution < -0.4 is 5.32 Å². The van der Waals surface area contributed by atoms with E-state index in [1.807, 2.05) is 18.2 Å². The fourth-order valence-corrected chi connectivity index (χ4v) is 4.87. The highest BCUT2D eigenvalue weighted by molar-refractivity contribution is 7.99. The fourth-order valence-electron chi connectivity index (χ4n) is 3.26. The van der Waals surface area contributed by atoms with Gasteiger partial charge in [-0.25, -0.2) is 4.39 Å². The Kier molecular flexibility index (Phi) is 11.6. The van der Waals surface area contributed by atoms with Crippen molar-refractivity contribution in [1.29, 1.82) is 0 Å². The third-order valence-electron chi connectivity index (χ3n) is 5.13. The van der Waals surface area contributed by atoms with Gasteiger partial charge in [-0.1, -0.05) is 50.1 Å². The summed E-state index contributed by atoms with van der Waals surface area (Å²) in [4.78, 5) is 9.69. The van der Waals surface area contributed by atoms with Gasteiger partial charge in [0.1, 0.15) is 5.82 Å². The maximum atomic E-state index is 13.1. The molecule has 0 aliphatic heterocycles. The first-order chi connectivity index (χ1) is 14.8. The van der Waals surface area contributed by atoms with Crippen LogP contribution >= 0.6 is 31.6 Å². The molecule has 31 heavy (non-hydrogen) atoms. The Bertz CT molecular complexity index is 836.